The van der Waals surface area contributed by atoms with Crippen LogP contribution in [0.5, 0.6) is 0 Å². The van der Waals surface area contributed by atoms with Crippen LogP contribution >= 0.6 is 0 Å². The van der Waals surface area contributed by atoms with E-state index < -0.39 is 42.5 Å². The first-order valence-electron chi connectivity index (χ1n) is 9.16. The maximum Gasteiger partial charge on any atom is 0.326 e. The second kappa shape index (κ2) is 7.90. The molecule has 1 aromatic rings. The average Bonchev–Trinajstić information content (AvgIpc) is 3.52. The predicted octanol–water partition coefficient (Wildman–Crippen LogP) is 0.248. The lowest BCUT2D eigenvalue weighted by molar-refractivity contribution is -0.150. The summed E-state index contributed by atoms with van der Waals surface area (Å²) in [6.45, 7) is 0.496. The summed E-state index contributed by atoms with van der Waals surface area (Å²) in [5, 5.41) is 7.61. The highest BCUT2D eigenvalue weighted by atomic mass is 16.5. The normalized spacial score (nSPS) is 20.8. The Morgan fingerprint density at radius 3 is 2.66 bits per heavy atom. The van der Waals surface area contributed by atoms with Crippen LogP contribution in [0.15, 0.2) is 24.3 Å². The van der Waals surface area contributed by atoms with E-state index in [1.54, 1.807) is 25.1 Å². The monoisotopic (exact) mass is 402 g/mol. The smallest absolute Gasteiger partial charge is 0.326 e. The van der Waals surface area contributed by atoms with Gasteiger partial charge in [-0.15, -0.1) is 0 Å². The third-order valence-electron chi connectivity index (χ3n) is 4.98. The van der Waals surface area contributed by atoms with E-state index in [9.17, 15) is 24.0 Å². The van der Waals surface area contributed by atoms with Crippen LogP contribution in [0.25, 0.3) is 0 Å². The number of nitrogens with zero attached hydrogens (tertiary/aromatic N) is 1. The molecule has 10 heteroatoms. The predicted molar refractivity (Wildman–Crippen MR) is 101 cm³/mol. The minimum atomic E-state index is -0.982. The van der Waals surface area contributed by atoms with E-state index in [2.05, 4.69) is 16.0 Å². The van der Waals surface area contributed by atoms with Crippen molar-refractivity contribution in [3.8, 4) is 0 Å². The third-order valence-corrected chi connectivity index (χ3v) is 4.98. The molecule has 1 saturated carbocycles. The van der Waals surface area contributed by atoms with Crippen LogP contribution in [0, 0.1) is 5.92 Å². The number of esters is 1. The molecule has 0 unspecified atom stereocenters. The number of anilines is 1. The topological polar surface area (TPSA) is 134 Å². The number of hydrogen-bond acceptors (Lipinski definition) is 6. The summed E-state index contributed by atoms with van der Waals surface area (Å²) in [5.41, 5.74) is -0.258. The van der Waals surface area contributed by atoms with Gasteiger partial charge in [0.05, 0.1) is 0 Å². The summed E-state index contributed by atoms with van der Waals surface area (Å²) in [5.74, 6) is -2.18. The van der Waals surface area contributed by atoms with E-state index >= 15 is 0 Å². The molecular weight excluding hydrogens is 380 g/mol. The van der Waals surface area contributed by atoms with Gasteiger partial charge in [0, 0.05) is 18.3 Å². The van der Waals surface area contributed by atoms with E-state index in [1.807, 2.05) is 0 Å². The molecule has 0 spiro atoms. The van der Waals surface area contributed by atoms with Crippen molar-refractivity contribution in [3.05, 3.63) is 29.8 Å². The van der Waals surface area contributed by atoms with Crippen molar-refractivity contribution < 1.29 is 28.7 Å². The number of hydrogen-bond donors (Lipinski definition) is 3. The molecule has 1 aliphatic carbocycles. The van der Waals surface area contributed by atoms with Crippen molar-refractivity contribution >= 4 is 35.4 Å². The highest BCUT2D eigenvalue weighted by Gasteiger charge is 2.56. The van der Waals surface area contributed by atoms with Crippen LogP contribution in [-0.2, 0) is 19.1 Å². The molecule has 2 fully saturated rings. The van der Waals surface area contributed by atoms with Gasteiger partial charge in [0.15, 0.2) is 6.61 Å². The van der Waals surface area contributed by atoms with Crippen molar-refractivity contribution in [1.29, 1.82) is 0 Å². The van der Waals surface area contributed by atoms with Crippen molar-refractivity contribution in [2.75, 3.05) is 25.5 Å². The Kier molecular flexibility index (Phi) is 5.53. The molecule has 1 heterocycles. The molecule has 1 aromatic carbocycles. The zero-order valence-electron chi connectivity index (χ0n) is 16.1. The summed E-state index contributed by atoms with van der Waals surface area (Å²) in [4.78, 5) is 60.9. The fourth-order valence-corrected chi connectivity index (χ4v) is 3.20. The van der Waals surface area contributed by atoms with Crippen molar-refractivity contribution in [2.45, 2.75) is 25.3 Å². The van der Waals surface area contributed by atoms with Gasteiger partial charge in [0.1, 0.15) is 12.1 Å². The molecule has 154 valence electrons. The Balaban J connectivity index is 1.49. The minimum Gasteiger partial charge on any atom is -0.454 e. The lowest BCUT2D eigenvalue weighted by Crippen LogP contribution is -2.46. The van der Waals surface area contributed by atoms with Crippen molar-refractivity contribution in [3.63, 3.8) is 0 Å². The molecule has 1 aliphatic heterocycles. The Hall–Kier alpha value is -3.43. The zero-order valence-corrected chi connectivity index (χ0v) is 16.1. The number of benzene rings is 1. The minimum absolute atomic E-state index is 0.0799. The molecule has 1 atom stereocenters. The fraction of sp³-hybridized carbons (Fsp3) is 0.421. The Morgan fingerprint density at radius 2 is 2.00 bits per heavy atom. The SMILES string of the molecule is CNC(=O)c1cccc(NC(=O)COC(=O)CN2C(=O)N[C@@](C)(C3CC3)C2=O)c1. The second-order valence-corrected chi connectivity index (χ2v) is 7.17. The molecule has 3 rings (SSSR count). The first kappa shape index (κ1) is 20.3. The Bertz CT molecular complexity index is 881. The van der Waals surface area contributed by atoms with Gasteiger partial charge in [-0.3, -0.25) is 24.1 Å². The van der Waals surface area contributed by atoms with Gasteiger partial charge >= 0.3 is 12.0 Å². The van der Waals surface area contributed by atoms with E-state index in [0.29, 0.717) is 11.3 Å². The van der Waals surface area contributed by atoms with Crippen molar-refractivity contribution in [1.82, 2.24) is 15.5 Å². The number of amides is 5. The van der Waals surface area contributed by atoms with Gasteiger partial charge < -0.3 is 20.7 Å². The largest absolute Gasteiger partial charge is 0.454 e. The van der Waals surface area contributed by atoms with Crippen LogP contribution in [-0.4, -0.2) is 60.4 Å². The maximum absolute atomic E-state index is 12.5. The summed E-state index contributed by atoms with van der Waals surface area (Å²) >= 11 is 0. The van der Waals surface area contributed by atoms with Gasteiger partial charge in [-0.2, -0.15) is 0 Å². The van der Waals surface area contributed by atoms with Gasteiger partial charge in [-0.05, 0) is 43.9 Å². The Labute approximate surface area is 166 Å². The maximum atomic E-state index is 12.5. The van der Waals surface area contributed by atoms with Crippen LogP contribution < -0.4 is 16.0 Å². The molecule has 0 radical (unpaired) electrons. The molecule has 2 aliphatic rings. The lowest BCUT2D eigenvalue weighted by atomic mass is 9.96. The summed E-state index contributed by atoms with van der Waals surface area (Å²) in [7, 11) is 1.49. The lowest BCUT2D eigenvalue weighted by Gasteiger charge is -2.20. The number of rotatable bonds is 7. The highest BCUT2D eigenvalue weighted by molar-refractivity contribution is 6.09. The summed E-state index contributed by atoms with van der Waals surface area (Å²) in [6, 6.07) is 5.60. The highest BCUT2D eigenvalue weighted by Crippen LogP contribution is 2.42. The van der Waals surface area contributed by atoms with Gasteiger partial charge in [-0.25, -0.2) is 4.79 Å². The van der Waals surface area contributed by atoms with E-state index in [-0.39, 0.29) is 11.8 Å². The van der Waals surface area contributed by atoms with Gasteiger partial charge in [-0.1, -0.05) is 6.07 Å². The number of nitrogens with one attached hydrogen (secondary N) is 3. The number of imide groups is 1. The van der Waals surface area contributed by atoms with Crippen LogP contribution in [0.3, 0.4) is 0 Å². The molecule has 0 aromatic heterocycles. The number of ether oxygens (including phenoxy) is 1. The average molecular weight is 402 g/mol. The zero-order chi connectivity index (χ0) is 21.2. The Morgan fingerprint density at radius 1 is 1.28 bits per heavy atom. The number of carbonyl (C=O) groups excluding carboxylic acids is 5. The summed E-state index contributed by atoms with van der Waals surface area (Å²) < 4.78 is 4.87. The van der Waals surface area contributed by atoms with Crippen LogP contribution in [0.2, 0.25) is 0 Å². The number of urea groups is 1. The second-order valence-electron chi connectivity index (χ2n) is 7.17. The quantitative estimate of drug-likeness (QED) is 0.442. The number of carbonyl (C=O) groups is 5. The molecule has 1 saturated heterocycles. The van der Waals surface area contributed by atoms with Gasteiger partial charge in [0.2, 0.25) is 0 Å². The molecule has 29 heavy (non-hydrogen) atoms. The van der Waals surface area contributed by atoms with E-state index in [4.69, 9.17) is 4.74 Å². The molecule has 5 amide bonds. The van der Waals surface area contributed by atoms with Crippen molar-refractivity contribution in [2.24, 2.45) is 5.92 Å². The molecular formula is C19H22N4O6. The molecule has 10 nitrogen and oxygen atoms in total. The van der Waals surface area contributed by atoms with Crippen LogP contribution in [0.1, 0.15) is 30.1 Å². The first-order valence-corrected chi connectivity index (χ1v) is 9.16. The van der Waals surface area contributed by atoms with Gasteiger partial charge in [0.25, 0.3) is 17.7 Å². The van der Waals surface area contributed by atoms with E-state index in [0.717, 1.165) is 17.7 Å². The molecule has 0 bridgehead atoms. The van der Waals surface area contributed by atoms with E-state index in [1.165, 1.54) is 13.1 Å². The standard InChI is InChI=1S/C19H22N4O6/c1-19(12-6-7-12)17(27)23(18(28)22-19)9-15(25)29-10-14(24)21-13-5-3-4-11(8-13)16(26)20-2/h3-5,8,12H,6-7,9-10H2,1-2H3,(H,20,26)(H,21,24)(H,22,28)/t19-/m0/s1. The summed E-state index contributed by atoms with van der Waals surface area (Å²) in [6.07, 6.45) is 1.70. The first-order chi connectivity index (χ1) is 13.7. The fourth-order valence-electron chi connectivity index (χ4n) is 3.20. The molecule has 3 N–H and O–H groups in total. The van der Waals surface area contributed by atoms with Crippen LogP contribution in [0.4, 0.5) is 10.5 Å². The third kappa shape index (κ3) is 4.36.